The highest BCUT2D eigenvalue weighted by atomic mass is 16.5. The summed E-state index contributed by atoms with van der Waals surface area (Å²) in [5.74, 6) is 0.228. The van der Waals surface area contributed by atoms with E-state index < -0.39 is 11.9 Å². The van der Waals surface area contributed by atoms with Crippen LogP contribution in [0.3, 0.4) is 0 Å². The summed E-state index contributed by atoms with van der Waals surface area (Å²) in [6.07, 6.45) is 12.6. The molecule has 8 heteroatoms. The smallest absolute Gasteiger partial charge is 0.343 e. The van der Waals surface area contributed by atoms with Crippen LogP contribution in [0.2, 0.25) is 0 Å². The van der Waals surface area contributed by atoms with Crippen LogP contribution in [0.25, 0.3) is 0 Å². The summed E-state index contributed by atoms with van der Waals surface area (Å²) in [5.41, 5.74) is 0.425. The van der Waals surface area contributed by atoms with Gasteiger partial charge in [0.25, 0.3) is 0 Å². The summed E-state index contributed by atoms with van der Waals surface area (Å²) < 4.78 is 21.7. The normalized spacial score (nSPS) is 16.2. The molecule has 8 nitrogen and oxygen atoms in total. The van der Waals surface area contributed by atoms with Crippen molar-refractivity contribution in [2.24, 2.45) is 11.8 Å². The van der Waals surface area contributed by atoms with E-state index >= 15 is 0 Å². The first-order chi connectivity index (χ1) is 20.4. The third kappa shape index (κ3) is 10.8. The third-order valence-corrected chi connectivity index (χ3v) is 7.48. The molecule has 0 heterocycles. The highest BCUT2D eigenvalue weighted by Crippen LogP contribution is 2.33. The Labute approximate surface area is 248 Å². The summed E-state index contributed by atoms with van der Waals surface area (Å²) in [6.45, 7) is 6.46. The van der Waals surface area contributed by atoms with Gasteiger partial charge in [-0.1, -0.05) is 32.8 Å². The number of hydrogen-bond donors (Lipinski definition) is 0. The Morgan fingerprint density at radius 1 is 0.857 bits per heavy atom. The van der Waals surface area contributed by atoms with Crippen molar-refractivity contribution < 1.29 is 38.1 Å². The molecule has 1 aliphatic rings. The number of unbranched alkanes of at least 4 members (excludes halogenated alkanes) is 4. The highest BCUT2D eigenvalue weighted by molar-refractivity contribution is 5.93. The average molecular weight is 579 g/mol. The molecule has 1 saturated carbocycles. The van der Waals surface area contributed by atoms with Gasteiger partial charge >= 0.3 is 17.9 Å². The van der Waals surface area contributed by atoms with E-state index in [2.05, 4.69) is 13.5 Å². The van der Waals surface area contributed by atoms with Gasteiger partial charge in [-0.3, -0.25) is 9.59 Å². The third-order valence-electron chi connectivity index (χ3n) is 7.48. The van der Waals surface area contributed by atoms with E-state index in [0.717, 1.165) is 57.4 Å². The monoisotopic (exact) mass is 578 g/mol. The molecule has 2 aromatic carbocycles. The van der Waals surface area contributed by atoms with Crippen LogP contribution in [0.15, 0.2) is 55.1 Å². The van der Waals surface area contributed by atoms with E-state index in [1.165, 1.54) is 37.5 Å². The molecule has 0 radical (unpaired) electrons. The van der Waals surface area contributed by atoms with Gasteiger partial charge in [-0.2, -0.15) is 0 Å². The van der Waals surface area contributed by atoms with Crippen molar-refractivity contribution >= 4 is 24.2 Å². The molecule has 0 aromatic heterocycles. The first-order valence-electron chi connectivity index (χ1n) is 15.0. The van der Waals surface area contributed by atoms with E-state index in [1.54, 1.807) is 24.3 Å². The minimum atomic E-state index is -0.619. The maximum atomic E-state index is 12.7. The topological polar surface area (TPSA) is 105 Å². The van der Waals surface area contributed by atoms with Crippen LogP contribution in [0.1, 0.15) is 98.3 Å². The fraction of sp³-hybridized carbons (Fsp3) is 0.471. The van der Waals surface area contributed by atoms with Crippen LogP contribution in [0.5, 0.6) is 17.2 Å². The van der Waals surface area contributed by atoms with Crippen LogP contribution in [-0.2, 0) is 14.3 Å². The minimum absolute atomic E-state index is 0.0887. The maximum Gasteiger partial charge on any atom is 0.343 e. The Bertz CT molecular complexity index is 1180. The summed E-state index contributed by atoms with van der Waals surface area (Å²) in [6, 6.07) is 11.0. The molecule has 0 saturated heterocycles. The number of benzene rings is 2. The van der Waals surface area contributed by atoms with Crippen LogP contribution in [0.4, 0.5) is 0 Å². The molecule has 1 fully saturated rings. The van der Waals surface area contributed by atoms with Crippen molar-refractivity contribution in [2.45, 2.75) is 77.6 Å². The molecule has 0 bridgehead atoms. The van der Waals surface area contributed by atoms with Crippen molar-refractivity contribution in [3.05, 3.63) is 66.2 Å². The number of esters is 3. The van der Waals surface area contributed by atoms with Gasteiger partial charge in [0.2, 0.25) is 0 Å². The first kappa shape index (κ1) is 32.6. The summed E-state index contributed by atoms with van der Waals surface area (Å²) in [5, 5.41) is 0. The lowest BCUT2D eigenvalue weighted by Crippen LogP contribution is -2.25. The second kappa shape index (κ2) is 17.8. The van der Waals surface area contributed by atoms with E-state index in [9.17, 15) is 19.2 Å². The van der Waals surface area contributed by atoms with E-state index in [4.69, 9.17) is 18.9 Å². The van der Waals surface area contributed by atoms with Crippen LogP contribution in [0, 0.1) is 11.8 Å². The summed E-state index contributed by atoms with van der Waals surface area (Å²) in [7, 11) is 0. The number of rotatable bonds is 17. The second-order valence-electron chi connectivity index (χ2n) is 10.6. The van der Waals surface area contributed by atoms with Crippen LogP contribution >= 0.6 is 0 Å². The van der Waals surface area contributed by atoms with Gasteiger partial charge in [-0.05, 0) is 99.7 Å². The molecule has 0 spiro atoms. The summed E-state index contributed by atoms with van der Waals surface area (Å²) >= 11 is 0. The second-order valence-corrected chi connectivity index (χ2v) is 10.6. The molecule has 3 rings (SSSR count). The molecule has 0 atom stereocenters. The molecule has 2 aromatic rings. The fourth-order valence-electron chi connectivity index (χ4n) is 4.98. The SMILES string of the molecule is C=CC(=O)OCCCCCCOc1ccc(C(=O)Oc2ccc(OC(=O)C3CCC(CCCC)CC3)cc2C=O)cc1. The van der Waals surface area contributed by atoms with Crippen molar-refractivity contribution in [3.8, 4) is 17.2 Å². The quantitative estimate of drug-likeness (QED) is 0.0634. The Balaban J connectivity index is 1.42. The molecule has 0 N–H and O–H groups in total. The molecule has 42 heavy (non-hydrogen) atoms. The Morgan fingerprint density at radius 2 is 1.55 bits per heavy atom. The zero-order chi connectivity index (χ0) is 30.2. The number of carbonyl (C=O) groups excluding carboxylic acids is 4. The molecular weight excluding hydrogens is 536 g/mol. The lowest BCUT2D eigenvalue weighted by molar-refractivity contribution is -0.140. The Kier molecular flexibility index (Phi) is 13.8. The first-order valence-corrected chi connectivity index (χ1v) is 15.0. The zero-order valence-corrected chi connectivity index (χ0v) is 24.5. The van der Waals surface area contributed by atoms with Gasteiger partial charge in [0.15, 0.2) is 6.29 Å². The highest BCUT2D eigenvalue weighted by Gasteiger charge is 2.27. The predicted octanol–water partition coefficient (Wildman–Crippen LogP) is 7.29. The van der Waals surface area contributed by atoms with Crippen molar-refractivity contribution in [2.75, 3.05) is 13.2 Å². The van der Waals surface area contributed by atoms with Gasteiger partial charge < -0.3 is 18.9 Å². The number of ether oxygens (including phenoxy) is 4. The predicted molar refractivity (Wildman–Crippen MR) is 159 cm³/mol. The number of aldehydes is 1. The molecule has 1 aliphatic carbocycles. The average Bonchev–Trinajstić information content (AvgIpc) is 3.02. The Morgan fingerprint density at radius 3 is 2.21 bits per heavy atom. The van der Waals surface area contributed by atoms with Crippen molar-refractivity contribution in [3.63, 3.8) is 0 Å². The number of hydrogen-bond acceptors (Lipinski definition) is 8. The lowest BCUT2D eigenvalue weighted by atomic mass is 9.80. The molecule has 0 amide bonds. The lowest BCUT2D eigenvalue weighted by Gasteiger charge is -2.27. The fourth-order valence-corrected chi connectivity index (χ4v) is 4.98. The van der Waals surface area contributed by atoms with Gasteiger partial charge in [-0.25, -0.2) is 9.59 Å². The van der Waals surface area contributed by atoms with Gasteiger partial charge in [0.1, 0.15) is 17.2 Å². The molecular formula is C34H42O8. The molecule has 0 aliphatic heterocycles. The van der Waals surface area contributed by atoms with E-state index in [0.29, 0.717) is 36.7 Å². The minimum Gasteiger partial charge on any atom is -0.494 e. The molecule has 0 unspecified atom stereocenters. The van der Waals surface area contributed by atoms with Crippen LogP contribution < -0.4 is 14.2 Å². The Hall–Kier alpha value is -3.94. The van der Waals surface area contributed by atoms with Crippen molar-refractivity contribution in [1.82, 2.24) is 0 Å². The van der Waals surface area contributed by atoms with Crippen molar-refractivity contribution in [1.29, 1.82) is 0 Å². The van der Waals surface area contributed by atoms with Gasteiger partial charge in [0, 0.05) is 6.08 Å². The van der Waals surface area contributed by atoms with E-state index in [1.807, 2.05) is 0 Å². The van der Waals surface area contributed by atoms with Crippen LogP contribution in [-0.4, -0.2) is 37.4 Å². The van der Waals surface area contributed by atoms with Gasteiger partial charge in [0.05, 0.1) is 30.3 Å². The molecule has 226 valence electrons. The number of carbonyl (C=O) groups is 4. The van der Waals surface area contributed by atoms with E-state index in [-0.39, 0.29) is 28.9 Å². The maximum absolute atomic E-state index is 12.7. The standard InChI is InChI=1S/C34H42O8/c1-3-5-10-25-11-13-26(14-12-25)33(37)41-30-19-20-31(28(23-30)24-35)42-34(38)27-15-17-29(18-16-27)39-21-8-6-7-9-22-40-32(36)4-2/h4,15-20,23-26H,2-3,5-14,21-22H2,1H3. The zero-order valence-electron chi connectivity index (χ0n) is 24.5. The van der Waals surface area contributed by atoms with Gasteiger partial charge in [-0.15, -0.1) is 0 Å². The summed E-state index contributed by atoms with van der Waals surface area (Å²) in [4.78, 5) is 48.1. The largest absolute Gasteiger partial charge is 0.494 e.